The predicted octanol–water partition coefficient (Wildman–Crippen LogP) is 21.2. The Bertz CT molecular complexity index is 4750. The van der Waals surface area contributed by atoms with Gasteiger partial charge >= 0.3 is 66.7 Å². The first-order chi connectivity index (χ1) is 48.6. The normalized spacial score (nSPS) is 11.0. The summed E-state index contributed by atoms with van der Waals surface area (Å²) in [5.74, 6) is 0.531. The number of phenols is 4. The monoisotopic (exact) mass is 1750 g/mol. The van der Waals surface area contributed by atoms with Crippen LogP contribution in [-0.4, -0.2) is 82.2 Å². The number of benzene rings is 6. The summed E-state index contributed by atoms with van der Waals surface area (Å²) < 4.78 is 0. The molecule has 0 unspecified atom stereocenters. The van der Waals surface area contributed by atoms with Crippen molar-refractivity contribution in [2.75, 3.05) is 0 Å². The van der Waals surface area contributed by atoms with E-state index in [1.807, 2.05) is 194 Å². The Labute approximate surface area is 693 Å². The van der Waals surface area contributed by atoms with E-state index in [-0.39, 0.29) is 115 Å². The second kappa shape index (κ2) is 40.3. The van der Waals surface area contributed by atoms with Gasteiger partial charge in [0.25, 0.3) is 0 Å². The molecular weight excluding hydrogens is 1660 g/mol. The topological polar surface area (TPSA) is 310 Å². The van der Waals surface area contributed by atoms with Crippen molar-refractivity contribution in [3.05, 3.63) is 241 Å². The Morgan fingerprint density at radius 3 is 0.555 bits per heavy atom. The van der Waals surface area contributed by atoms with Gasteiger partial charge in [0.15, 0.2) is 0 Å². The van der Waals surface area contributed by atoms with Crippen molar-refractivity contribution in [3.8, 4) is 113 Å². The SMILES string of the molecule is C.C.CC(C)(C)c1cc(-c2ccccn2)c(O)c(-c2ccc3ccc4ccc(-c5cc(C(C)(C)C)cc(-c6ccccn6)c5O)nc4c3n2)c1.CC(C)(C)c1cc(-c2ccccn2)c(O)c(-c2ccc3ccc4ccc(-c5cc(C(C)(C)C)cc(-c6ccccn6)c5O)nc4c3n2)c1.O.O.O.O.[Cl][Cu][Cl].[Cl][Cu][Cl].[Co].[Co]. The standard InChI is InChI=1S/2C42H38N4O2.2CH4.4ClH.2Co.2Cu.4H2O/c2*1-41(2,3)27-21-29(33-11-7-9-19-43-33)39(47)31(23-27)35-17-15-25-13-14-26-16-18-36(46-38(26)37(25)45-35)32-24-28(42(4,5)6)22-30(40(32)48)34-12-8-10-20-44-34;;;;;;;;;;;;;;/h2*7-24,47-48H,1-6H3;2*1H4;4*1H;;;;;4*1H2/q;;;;;;;;;;2*+2;;;;/p-4. The van der Waals surface area contributed by atoms with Crippen LogP contribution in [0.1, 0.15) is 120 Å². The number of fused-ring (bicyclic) bond motifs is 6. The minimum absolute atomic E-state index is 0. The van der Waals surface area contributed by atoms with Gasteiger partial charge in [0.2, 0.25) is 0 Å². The molecule has 16 nitrogen and oxygen atoms in total. The van der Waals surface area contributed by atoms with Crippen LogP contribution in [0.2, 0.25) is 0 Å². The number of phenolic OH excluding ortho intramolecular Hbond substituents is 4. The van der Waals surface area contributed by atoms with E-state index >= 15 is 0 Å². The molecule has 24 heteroatoms. The molecule has 6 aromatic carbocycles. The van der Waals surface area contributed by atoms with E-state index in [1.54, 1.807) is 24.8 Å². The first kappa shape index (κ1) is 96.0. The minimum Gasteiger partial charge on any atom is 0 e. The molecule has 0 saturated carbocycles. The summed E-state index contributed by atoms with van der Waals surface area (Å²) >= 11 is 1.51. The molecule has 0 fully saturated rings. The zero-order valence-corrected chi connectivity index (χ0v) is 67.9. The summed E-state index contributed by atoms with van der Waals surface area (Å²) in [5, 5.41) is 50.4. The van der Waals surface area contributed by atoms with Crippen LogP contribution in [0.5, 0.6) is 23.0 Å². The van der Waals surface area contributed by atoms with E-state index in [4.69, 9.17) is 19.9 Å². The van der Waals surface area contributed by atoms with E-state index in [1.165, 1.54) is 0 Å². The largest absolute Gasteiger partial charge is 0 e. The molecule has 0 spiro atoms. The number of rotatable bonds is 8. The minimum atomic E-state index is -0.177. The van der Waals surface area contributed by atoms with Crippen molar-refractivity contribution in [3.63, 3.8) is 0 Å². The van der Waals surface area contributed by atoms with Crippen LogP contribution < -0.4 is 0 Å². The van der Waals surface area contributed by atoms with Gasteiger partial charge in [0.1, 0.15) is 23.0 Å². The molecule has 2 radical (unpaired) electrons. The molecule has 14 aromatic rings. The van der Waals surface area contributed by atoms with Gasteiger partial charge in [-0.2, -0.15) is 0 Å². The number of hydrogen-bond donors (Lipinski definition) is 4. The number of pyridine rings is 8. The number of aromatic hydroxyl groups is 4. The van der Waals surface area contributed by atoms with Gasteiger partial charge in [-0.05, 0) is 165 Å². The molecule has 0 saturated heterocycles. The summed E-state index contributed by atoms with van der Waals surface area (Å²) in [6.07, 6.45) is 6.93. The summed E-state index contributed by atoms with van der Waals surface area (Å²) in [7, 11) is 18.7. The third kappa shape index (κ3) is 21.3. The van der Waals surface area contributed by atoms with Crippen LogP contribution in [-0.2, 0) is 81.5 Å². The Morgan fingerprint density at radius 1 is 0.255 bits per heavy atom. The zero-order valence-electron chi connectivity index (χ0n) is 60.9. The molecular formula is C86H92Cl4Co2Cu2N8O8. The van der Waals surface area contributed by atoms with Crippen molar-refractivity contribution < 1.29 is 102 Å². The maximum absolute atomic E-state index is 11.7. The molecule has 12 N–H and O–H groups in total. The van der Waals surface area contributed by atoms with Gasteiger partial charge in [0, 0.05) is 124 Å². The maximum atomic E-state index is 11.7. The molecule has 0 aliphatic rings. The van der Waals surface area contributed by atoms with E-state index < -0.39 is 0 Å². The molecule has 8 aromatic heterocycles. The summed E-state index contributed by atoms with van der Waals surface area (Å²) in [6, 6.07) is 62.9. The molecule has 0 amide bonds. The van der Waals surface area contributed by atoms with E-state index in [2.05, 4.69) is 143 Å². The second-order valence-electron chi connectivity index (χ2n) is 28.8. The zero-order chi connectivity index (χ0) is 73.0. The number of halogens is 4. The second-order valence-corrected chi connectivity index (χ2v) is 31.9. The maximum Gasteiger partial charge on any atom is 0 e. The first-order valence-corrected chi connectivity index (χ1v) is 38.0. The van der Waals surface area contributed by atoms with Crippen LogP contribution in [0.4, 0.5) is 0 Å². The summed E-state index contributed by atoms with van der Waals surface area (Å²) in [4.78, 5) is 38.8. The Hall–Kier alpha value is -8.19. The van der Waals surface area contributed by atoms with Gasteiger partial charge in [0.05, 0.1) is 67.6 Å². The third-order valence-corrected chi connectivity index (χ3v) is 17.8. The van der Waals surface area contributed by atoms with E-state index in [9.17, 15) is 20.4 Å². The van der Waals surface area contributed by atoms with Gasteiger partial charge in [-0.25, -0.2) is 19.9 Å². The predicted molar refractivity (Wildman–Crippen MR) is 442 cm³/mol. The van der Waals surface area contributed by atoms with Gasteiger partial charge < -0.3 is 42.3 Å². The fraction of sp³-hybridized carbons (Fsp3) is 0.209. The summed E-state index contributed by atoms with van der Waals surface area (Å²) in [6.45, 7) is 25.9. The average molecular weight is 1750 g/mol. The van der Waals surface area contributed by atoms with Crippen molar-refractivity contribution in [1.82, 2.24) is 39.9 Å². The fourth-order valence-corrected chi connectivity index (χ4v) is 12.1. The first-order valence-electron chi connectivity index (χ1n) is 32.8. The molecule has 0 atom stereocenters. The molecule has 0 aliphatic carbocycles. The van der Waals surface area contributed by atoms with Gasteiger partial charge in [-0.1, -0.05) is 171 Å². The average Bonchev–Trinajstić information content (AvgIpc) is 0.761. The Morgan fingerprint density at radius 2 is 0.409 bits per heavy atom. The number of aromatic nitrogens is 8. The third-order valence-electron chi connectivity index (χ3n) is 17.8. The Balaban J connectivity index is 0.000000498. The fourth-order valence-electron chi connectivity index (χ4n) is 12.1. The van der Waals surface area contributed by atoms with E-state index in [0.29, 0.717) is 112 Å². The molecule has 14 rings (SSSR count). The molecule has 8 heterocycles. The molecule has 592 valence electrons. The molecule has 110 heavy (non-hydrogen) atoms. The van der Waals surface area contributed by atoms with Crippen LogP contribution in [0.25, 0.3) is 134 Å². The number of hydrogen-bond acceptors (Lipinski definition) is 12. The number of nitrogens with zero attached hydrogens (tertiary/aromatic N) is 8. The Kier molecular flexibility index (Phi) is 35.2. The van der Waals surface area contributed by atoms with Crippen molar-refractivity contribution >= 4 is 84.0 Å². The van der Waals surface area contributed by atoms with Gasteiger partial charge in [-0.15, -0.1) is 0 Å². The van der Waals surface area contributed by atoms with Crippen LogP contribution in [0.3, 0.4) is 0 Å². The smallest absolute Gasteiger partial charge is 0 e. The van der Waals surface area contributed by atoms with Crippen LogP contribution >= 0.6 is 40.4 Å². The van der Waals surface area contributed by atoms with Crippen LogP contribution in [0, 0.1) is 0 Å². The van der Waals surface area contributed by atoms with E-state index in [0.717, 1.165) is 70.1 Å². The quantitative estimate of drug-likeness (QED) is 0.0815. The van der Waals surface area contributed by atoms with Crippen molar-refractivity contribution in [2.45, 2.75) is 120 Å². The summed E-state index contributed by atoms with van der Waals surface area (Å²) in [5.41, 5.74) is 16.9. The molecule has 0 aliphatic heterocycles. The van der Waals surface area contributed by atoms with Crippen LogP contribution in [0.15, 0.2) is 219 Å². The molecule has 0 bridgehead atoms. The van der Waals surface area contributed by atoms with Crippen molar-refractivity contribution in [1.29, 1.82) is 0 Å². The van der Waals surface area contributed by atoms with Crippen molar-refractivity contribution in [2.24, 2.45) is 0 Å². The van der Waals surface area contributed by atoms with Gasteiger partial charge in [-0.3, -0.25) is 19.9 Å².